The van der Waals surface area contributed by atoms with E-state index in [1.165, 1.54) is 4.90 Å². The summed E-state index contributed by atoms with van der Waals surface area (Å²) in [7, 11) is 3.41. The van der Waals surface area contributed by atoms with Crippen molar-refractivity contribution in [3.63, 3.8) is 0 Å². The number of hydrogen-bond donors (Lipinski definition) is 1. The first-order valence-electron chi connectivity index (χ1n) is 6.46. The smallest absolute Gasteiger partial charge is 0.253 e. The number of carbonyl (C=O) groups excluding carboxylic acids is 1. The van der Waals surface area contributed by atoms with Crippen LogP contribution in [0.15, 0.2) is 46.9 Å². The molecule has 0 aliphatic carbocycles. The molecule has 2 rings (SSSR count). The van der Waals surface area contributed by atoms with Crippen LogP contribution in [0.1, 0.15) is 15.9 Å². The molecule has 110 valence electrons. The average molecular weight is 349 g/mol. The van der Waals surface area contributed by atoms with Gasteiger partial charge in [-0.25, -0.2) is 0 Å². The summed E-state index contributed by atoms with van der Waals surface area (Å²) >= 11 is 3.47. The van der Waals surface area contributed by atoms with Gasteiger partial charge < -0.3 is 15.4 Å². The van der Waals surface area contributed by atoms with Crippen molar-refractivity contribution >= 4 is 27.5 Å². The number of hydrogen-bond acceptors (Lipinski definition) is 3. The normalized spacial score (nSPS) is 10.2. The molecule has 2 aromatic rings. The number of anilines is 1. The topological polar surface area (TPSA) is 55.6 Å². The second-order valence-electron chi connectivity index (χ2n) is 4.83. The molecule has 5 heteroatoms. The van der Waals surface area contributed by atoms with Crippen LogP contribution in [0.4, 0.5) is 5.69 Å². The molecular formula is C16H17BrN2O2. The summed E-state index contributed by atoms with van der Waals surface area (Å²) in [5.74, 6) is 0.486. The number of nitrogen functional groups attached to an aromatic ring is 1. The van der Waals surface area contributed by atoms with Crippen molar-refractivity contribution in [1.82, 2.24) is 4.90 Å². The highest BCUT2D eigenvalue weighted by Crippen LogP contribution is 2.25. The molecule has 0 spiro atoms. The van der Waals surface area contributed by atoms with Gasteiger partial charge >= 0.3 is 0 Å². The molecule has 0 aliphatic heterocycles. The zero-order valence-electron chi connectivity index (χ0n) is 12.0. The van der Waals surface area contributed by atoms with Gasteiger partial charge in [-0.1, -0.05) is 34.1 Å². The predicted octanol–water partition coefficient (Wildman–Crippen LogP) is 3.31. The third kappa shape index (κ3) is 3.76. The van der Waals surface area contributed by atoms with Crippen LogP contribution in [0.3, 0.4) is 0 Å². The van der Waals surface area contributed by atoms with Crippen molar-refractivity contribution < 1.29 is 9.53 Å². The Hall–Kier alpha value is -2.01. The minimum absolute atomic E-state index is 0.0842. The summed E-state index contributed by atoms with van der Waals surface area (Å²) in [4.78, 5) is 13.4. The van der Waals surface area contributed by atoms with Crippen molar-refractivity contribution in [1.29, 1.82) is 0 Å². The molecule has 2 aromatic carbocycles. The first kappa shape index (κ1) is 15.4. The minimum Gasteiger partial charge on any atom is -0.487 e. The second-order valence-corrected chi connectivity index (χ2v) is 5.69. The highest BCUT2D eigenvalue weighted by molar-refractivity contribution is 9.10. The standard InChI is InChI=1S/C16H17BrN2O2/c1-19(2)16(20)11-7-8-15(14(18)9-11)21-10-12-5-3-4-6-13(12)17/h3-9H,10,18H2,1-2H3. The Morgan fingerprint density at radius 2 is 1.95 bits per heavy atom. The van der Waals surface area contributed by atoms with E-state index in [2.05, 4.69) is 15.9 Å². The predicted molar refractivity (Wildman–Crippen MR) is 87.3 cm³/mol. The third-order valence-electron chi connectivity index (χ3n) is 3.00. The Balaban J connectivity index is 2.12. The van der Waals surface area contributed by atoms with E-state index in [1.54, 1.807) is 32.3 Å². The molecule has 2 N–H and O–H groups in total. The number of halogens is 1. The molecule has 0 heterocycles. The molecule has 0 atom stereocenters. The van der Waals surface area contributed by atoms with E-state index in [1.807, 2.05) is 24.3 Å². The Labute approximate surface area is 132 Å². The monoisotopic (exact) mass is 348 g/mol. The van der Waals surface area contributed by atoms with Crippen LogP contribution in [-0.4, -0.2) is 24.9 Å². The van der Waals surface area contributed by atoms with Crippen molar-refractivity contribution in [3.05, 3.63) is 58.1 Å². The van der Waals surface area contributed by atoms with Gasteiger partial charge in [0, 0.05) is 29.7 Å². The maximum absolute atomic E-state index is 11.9. The molecule has 0 aromatic heterocycles. The maximum Gasteiger partial charge on any atom is 0.253 e. The first-order chi connectivity index (χ1) is 9.99. The van der Waals surface area contributed by atoms with E-state index in [0.29, 0.717) is 23.6 Å². The molecular weight excluding hydrogens is 332 g/mol. The van der Waals surface area contributed by atoms with Crippen LogP contribution in [0.25, 0.3) is 0 Å². The van der Waals surface area contributed by atoms with E-state index in [0.717, 1.165) is 10.0 Å². The summed E-state index contributed by atoms with van der Waals surface area (Å²) in [5, 5.41) is 0. The highest BCUT2D eigenvalue weighted by atomic mass is 79.9. The molecule has 0 unspecified atom stereocenters. The van der Waals surface area contributed by atoms with Crippen LogP contribution in [0.5, 0.6) is 5.75 Å². The number of nitrogens with zero attached hydrogens (tertiary/aromatic N) is 1. The zero-order valence-corrected chi connectivity index (χ0v) is 13.6. The summed E-state index contributed by atoms with van der Waals surface area (Å²) < 4.78 is 6.71. The lowest BCUT2D eigenvalue weighted by atomic mass is 10.1. The highest BCUT2D eigenvalue weighted by Gasteiger charge is 2.11. The quantitative estimate of drug-likeness (QED) is 0.862. The molecule has 4 nitrogen and oxygen atoms in total. The van der Waals surface area contributed by atoms with E-state index >= 15 is 0 Å². The lowest BCUT2D eigenvalue weighted by Gasteiger charge is -2.13. The van der Waals surface area contributed by atoms with Gasteiger partial charge in [-0.2, -0.15) is 0 Å². The number of rotatable bonds is 4. The van der Waals surface area contributed by atoms with Crippen molar-refractivity contribution in [2.24, 2.45) is 0 Å². The van der Waals surface area contributed by atoms with Gasteiger partial charge in [-0.3, -0.25) is 4.79 Å². The van der Waals surface area contributed by atoms with Gasteiger partial charge in [-0.15, -0.1) is 0 Å². The zero-order chi connectivity index (χ0) is 15.4. The average Bonchev–Trinajstić information content (AvgIpc) is 2.46. The van der Waals surface area contributed by atoms with Crippen LogP contribution >= 0.6 is 15.9 Å². The largest absolute Gasteiger partial charge is 0.487 e. The minimum atomic E-state index is -0.0842. The number of nitrogens with two attached hydrogens (primary N) is 1. The van der Waals surface area contributed by atoms with Crippen molar-refractivity contribution in [3.8, 4) is 5.75 Å². The Morgan fingerprint density at radius 1 is 1.24 bits per heavy atom. The van der Waals surface area contributed by atoms with Gasteiger partial charge in [0.25, 0.3) is 5.91 Å². The Bertz CT molecular complexity index is 656. The van der Waals surface area contributed by atoms with Crippen molar-refractivity contribution in [2.75, 3.05) is 19.8 Å². The maximum atomic E-state index is 11.9. The Kier molecular flexibility index (Phi) is 4.85. The lowest BCUT2D eigenvalue weighted by Crippen LogP contribution is -2.21. The van der Waals surface area contributed by atoms with Crippen LogP contribution in [0.2, 0.25) is 0 Å². The molecule has 0 bridgehead atoms. The van der Waals surface area contributed by atoms with Crippen LogP contribution < -0.4 is 10.5 Å². The van der Waals surface area contributed by atoms with Crippen LogP contribution in [-0.2, 0) is 6.61 Å². The fraction of sp³-hybridized carbons (Fsp3) is 0.188. The fourth-order valence-electron chi connectivity index (χ4n) is 1.84. The van der Waals surface area contributed by atoms with E-state index < -0.39 is 0 Å². The summed E-state index contributed by atoms with van der Waals surface area (Å²) in [6.45, 7) is 0.409. The van der Waals surface area contributed by atoms with E-state index in [-0.39, 0.29) is 5.91 Å². The number of ether oxygens (including phenoxy) is 1. The number of carbonyl (C=O) groups is 1. The fourth-order valence-corrected chi connectivity index (χ4v) is 2.24. The van der Waals surface area contributed by atoms with Gasteiger partial charge in [0.05, 0.1) is 5.69 Å². The number of benzene rings is 2. The molecule has 21 heavy (non-hydrogen) atoms. The lowest BCUT2D eigenvalue weighted by molar-refractivity contribution is 0.0827. The van der Waals surface area contributed by atoms with Gasteiger partial charge in [0.2, 0.25) is 0 Å². The van der Waals surface area contributed by atoms with E-state index in [4.69, 9.17) is 10.5 Å². The van der Waals surface area contributed by atoms with Gasteiger partial charge in [0.15, 0.2) is 0 Å². The number of amides is 1. The third-order valence-corrected chi connectivity index (χ3v) is 3.78. The molecule has 0 aliphatic rings. The molecule has 0 saturated heterocycles. The van der Waals surface area contributed by atoms with Crippen molar-refractivity contribution in [2.45, 2.75) is 6.61 Å². The summed E-state index contributed by atoms with van der Waals surface area (Å²) in [6, 6.07) is 12.9. The Morgan fingerprint density at radius 3 is 2.57 bits per heavy atom. The first-order valence-corrected chi connectivity index (χ1v) is 7.25. The molecule has 0 saturated carbocycles. The second kappa shape index (κ2) is 6.63. The SMILES string of the molecule is CN(C)C(=O)c1ccc(OCc2ccccc2Br)c(N)c1. The van der Waals surface area contributed by atoms with Gasteiger partial charge in [-0.05, 0) is 24.3 Å². The van der Waals surface area contributed by atoms with Crippen LogP contribution in [0, 0.1) is 0 Å². The summed E-state index contributed by atoms with van der Waals surface area (Å²) in [6.07, 6.45) is 0. The molecule has 0 radical (unpaired) electrons. The molecule has 0 fully saturated rings. The van der Waals surface area contributed by atoms with E-state index in [9.17, 15) is 4.79 Å². The van der Waals surface area contributed by atoms with Gasteiger partial charge in [0.1, 0.15) is 12.4 Å². The summed E-state index contributed by atoms with van der Waals surface area (Å²) in [5.41, 5.74) is 7.99. The molecule has 1 amide bonds.